The first-order valence-electron chi connectivity index (χ1n) is 7.03. The third-order valence-electron chi connectivity index (χ3n) is 3.19. The van der Waals surface area contributed by atoms with E-state index < -0.39 is 6.10 Å². The standard InChI is InChI=1S/C16H17BrN2O3/c1-16(2,3)19-15(20)13-8-21-14-10-6-9(17)7-18-11(10)4-5-12(14)22-13/h4-7,13H,8H2,1-3H3,(H,19,20). The lowest BCUT2D eigenvalue weighted by Crippen LogP contribution is -2.50. The second-order valence-electron chi connectivity index (χ2n) is 6.27. The lowest BCUT2D eigenvalue weighted by atomic mass is 10.1. The lowest BCUT2D eigenvalue weighted by molar-refractivity contribution is -0.131. The van der Waals surface area contributed by atoms with Crippen molar-refractivity contribution < 1.29 is 14.3 Å². The molecule has 6 heteroatoms. The molecule has 1 N–H and O–H groups in total. The molecule has 22 heavy (non-hydrogen) atoms. The number of nitrogens with zero attached hydrogens (tertiary/aromatic N) is 1. The van der Waals surface area contributed by atoms with E-state index in [1.807, 2.05) is 32.9 Å². The molecule has 0 bridgehead atoms. The molecule has 1 aromatic heterocycles. The molecule has 0 fully saturated rings. The van der Waals surface area contributed by atoms with Gasteiger partial charge in [-0.05, 0) is 54.9 Å². The SMILES string of the molecule is CC(C)(C)NC(=O)C1COc2c(ccc3ncc(Br)cc23)O1. The van der Waals surface area contributed by atoms with Crippen molar-refractivity contribution in [3.05, 3.63) is 28.9 Å². The number of ether oxygens (including phenoxy) is 2. The van der Waals surface area contributed by atoms with Gasteiger partial charge in [0.15, 0.2) is 11.5 Å². The molecule has 0 saturated carbocycles. The first-order valence-corrected chi connectivity index (χ1v) is 7.82. The van der Waals surface area contributed by atoms with Crippen molar-refractivity contribution in [2.45, 2.75) is 32.4 Å². The molecule has 1 aliphatic rings. The van der Waals surface area contributed by atoms with Crippen LogP contribution in [0.1, 0.15) is 20.8 Å². The van der Waals surface area contributed by atoms with Gasteiger partial charge >= 0.3 is 0 Å². The molecule has 3 rings (SSSR count). The second-order valence-corrected chi connectivity index (χ2v) is 7.19. The van der Waals surface area contributed by atoms with Crippen LogP contribution in [0, 0.1) is 0 Å². The molecule has 5 nitrogen and oxygen atoms in total. The lowest BCUT2D eigenvalue weighted by Gasteiger charge is -2.29. The molecule has 1 aromatic carbocycles. The third kappa shape index (κ3) is 3.02. The van der Waals surface area contributed by atoms with Crippen molar-refractivity contribution in [3.63, 3.8) is 0 Å². The third-order valence-corrected chi connectivity index (χ3v) is 3.62. The van der Waals surface area contributed by atoms with Crippen molar-refractivity contribution >= 4 is 32.7 Å². The molecule has 1 unspecified atom stereocenters. The molecule has 2 aromatic rings. The van der Waals surface area contributed by atoms with E-state index in [0.29, 0.717) is 11.5 Å². The summed E-state index contributed by atoms with van der Waals surface area (Å²) in [6.07, 6.45) is 1.09. The number of nitrogens with one attached hydrogen (secondary N) is 1. The van der Waals surface area contributed by atoms with Crippen molar-refractivity contribution in [2.75, 3.05) is 6.61 Å². The van der Waals surface area contributed by atoms with Gasteiger partial charge in [-0.2, -0.15) is 0 Å². The van der Waals surface area contributed by atoms with Gasteiger partial charge in [-0.1, -0.05) is 0 Å². The Balaban J connectivity index is 1.89. The number of benzene rings is 1. The number of pyridine rings is 1. The van der Waals surface area contributed by atoms with E-state index >= 15 is 0 Å². The van der Waals surface area contributed by atoms with E-state index in [1.54, 1.807) is 12.3 Å². The van der Waals surface area contributed by atoms with Gasteiger partial charge in [-0.3, -0.25) is 9.78 Å². The van der Waals surface area contributed by atoms with Gasteiger partial charge < -0.3 is 14.8 Å². The summed E-state index contributed by atoms with van der Waals surface area (Å²) in [4.78, 5) is 16.5. The maximum Gasteiger partial charge on any atom is 0.265 e. The Morgan fingerprint density at radius 1 is 1.41 bits per heavy atom. The number of amides is 1. The molecular weight excluding hydrogens is 348 g/mol. The summed E-state index contributed by atoms with van der Waals surface area (Å²) < 4.78 is 12.5. The fourth-order valence-corrected chi connectivity index (χ4v) is 2.63. The number of aromatic nitrogens is 1. The number of fused-ring (bicyclic) bond motifs is 3. The molecule has 1 amide bonds. The van der Waals surface area contributed by atoms with Crippen LogP contribution in [0.5, 0.6) is 11.5 Å². The van der Waals surface area contributed by atoms with Crippen LogP contribution in [-0.2, 0) is 4.79 Å². The van der Waals surface area contributed by atoms with Crippen LogP contribution in [0.4, 0.5) is 0 Å². The Kier molecular flexibility index (Phi) is 3.72. The average molecular weight is 365 g/mol. The van der Waals surface area contributed by atoms with Crippen LogP contribution in [0.3, 0.4) is 0 Å². The zero-order valence-corrected chi connectivity index (χ0v) is 14.2. The Labute approximate surface area is 137 Å². The molecule has 1 atom stereocenters. The molecule has 0 aliphatic carbocycles. The Hall–Kier alpha value is -1.82. The van der Waals surface area contributed by atoms with E-state index in [4.69, 9.17) is 9.47 Å². The predicted octanol–water partition coefficient (Wildman–Crippen LogP) is 3.05. The van der Waals surface area contributed by atoms with Gasteiger partial charge in [0.2, 0.25) is 6.10 Å². The highest BCUT2D eigenvalue weighted by Crippen LogP contribution is 2.39. The van der Waals surface area contributed by atoms with Crippen molar-refractivity contribution in [2.24, 2.45) is 0 Å². The van der Waals surface area contributed by atoms with Gasteiger partial charge in [0.25, 0.3) is 5.91 Å². The summed E-state index contributed by atoms with van der Waals surface area (Å²) in [7, 11) is 0. The molecular formula is C16H17BrN2O3. The monoisotopic (exact) mass is 364 g/mol. The van der Waals surface area contributed by atoms with Crippen LogP contribution < -0.4 is 14.8 Å². The van der Waals surface area contributed by atoms with Gasteiger partial charge in [-0.15, -0.1) is 0 Å². The minimum absolute atomic E-state index is 0.175. The van der Waals surface area contributed by atoms with E-state index in [9.17, 15) is 4.79 Å². The predicted molar refractivity (Wildman–Crippen MR) is 87.2 cm³/mol. The normalized spacial score (nSPS) is 17.4. The highest BCUT2D eigenvalue weighted by atomic mass is 79.9. The van der Waals surface area contributed by atoms with E-state index in [-0.39, 0.29) is 18.1 Å². The molecule has 1 aliphatic heterocycles. The number of hydrogen-bond acceptors (Lipinski definition) is 4. The molecule has 0 saturated heterocycles. The van der Waals surface area contributed by atoms with E-state index in [1.165, 1.54) is 0 Å². The summed E-state index contributed by atoms with van der Waals surface area (Å²) >= 11 is 3.41. The number of carbonyl (C=O) groups excluding carboxylic acids is 1. The first kappa shape index (κ1) is 15.1. The minimum Gasteiger partial charge on any atom is -0.485 e. The number of carbonyl (C=O) groups is 1. The topological polar surface area (TPSA) is 60.5 Å². The van der Waals surface area contributed by atoms with Crippen LogP contribution in [0.2, 0.25) is 0 Å². The second kappa shape index (κ2) is 5.43. The Morgan fingerprint density at radius 3 is 2.91 bits per heavy atom. The highest BCUT2D eigenvalue weighted by Gasteiger charge is 2.30. The summed E-state index contributed by atoms with van der Waals surface area (Å²) in [5.74, 6) is 1.02. The average Bonchev–Trinajstić information content (AvgIpc) is 2.44. The quantitative estimate of drug-likeness (QED) is 0.844. The summed E-state index contributed by atoms with van der Waals surface area (Å²) in [5.41, 5.74) is 0.516. The van der Waals surface area contributed by atoms with Gasteiger partial charge in [0.1, 0.15) is 6.61 Å². The van der Waals surface area contributed by atoms with E-state index in [0.717, 1.165) is 15.4 Å². The maximum absolute atomic E-state index is 12.2. The van der Waals surface area contributed by atoms with E-state index in [2.05, 4.69) is 26.2 Å². The van der Waals surface area contributed by atoms with Crippen LogP contribution >= 0.6 is 15.9 Å². The molecule has 0 radical (unpaired) electrons. The largest absolute Gasteiger partial charge is 0.485 e. The van der Waals surface area contributed by atoms with Crippen molar-refractivity contribution in [1.29, 1.82) is 0 Å². The summed E-state index contributed by atoms with van der Waals surface area (Å²) in [6.45, 7) is 5.97. The fraction of sp³-hybridized carbons (Fsp3) is 0.375. The number of halogens is 1. The number of rotatable bonds is 1. The maximum atomic E-state index is 12.2. The molecule has 2 heterocycles. The Bertz CT molecular complexity index is 740. The smallest absolute Gasteiger partial charge is 0.265 e. The zero-order valence-electron chi connectivity index (χ0n) is 12.6. The fourth-order valence-electron chi connectivity index (χ4n) is 2.29. The summed E-state index contributed by atoms with van der Waals surface area (Å²) in [6, 6.07) is 5.57. The van der Waals surface area contributed by atoms with Crippen LogP contribution in [-0.4, -0.2) is 29.1 Å². The van der Waals surface area contributed by atoms with Gasteiger partial charge in [0.05, 0.1) is 5.52 Å². The Morgan fingerprint density at radius 2 is 2.18 bits per heavy atom. The number of hydrogen-bond donors (Lipinski definition) is 1. The molecule has 0 spiro atoms. The van der Waals surface area contributed by atoms with Gasteiger partial charge in [0, 0.05) is 21.6 Å². The molecule has 116 valence electrons. The van der Waals surface area contributed by atoms with Crippen LogP contribution in [0.25, 0.3) is 10.9 Å². The van der Waals surface area contributed by atoms with Crippen molar-refractivity contribution in [1.82, 2.24) is 10.3 Å². The van der Waals surface area contributed by atoms with Crippen LogP contribution in [0.15, 0.2) is 28.9 Å². The van der Waals surface area contributed by atoms with Crippen molar-refractivity contribution in [3.8, 4) is 11.5 Å². The highest BCUT2D eigenvalue weighted by molar-refractivity contribution is 9.10. The first-order chi connectivity index (χ1) is 10.3. The van der Waals surface area contributed by atoms with Gasteiger partial charge in [-0.25, -0.2) is 0 Å². The zero-order chi connectivity index (χ0) is 15.9. The minimum atomic E-state index is -0.649. The summed E-state index contributed by atoms with van der Waals surface area (Å²) in [5, 5.41) is 3.76.